The van der Waals surface area contributed by atoms with Gasteiger partial charge in [0.1, 0.15) is 19.0 Å². The van der Waals surface area contributed by atoms with Crippen LogP contribution in [0.2, 0.25) is 0 Å². The van der Waals surface area contributed by atoms with Crippen molar-refractivity contribution in [1.29, 1.82) is 0 Å². The van der Waals surface area contributed by atoms with Gasteiger partial charge < -0.3 is 19.5 Å². The van der Waals surface area contributed by atoms with Gasteiger partial charge in [0.15, 0.2) is 17.3 Å². The number of ketones is 1. The van der Waals surface area contributed by atoms with Crippen LogP contribution in [0.25, 0.3) is 0 Å². The third-order valence-electron chi connectivity index (χ3n) is 4.81. The van der Waals surface area contributed by atoms with Crippen molar-refractivity contribution in [2.24, 2.45) is 0 Å². The van der Waals surface area contributed by atoms with E-state index in [1.807, 2.05) is 24.3 Å². The van der Waals surface area contributed by atoms with Gasteiger partial charge in [-0.2, -0.15) is 0 Å². The molecule has 0 saturated carbocycles. The Hall–Kier alpha value is -3.80. The number of carbonyl (C=O) groups is 2. The van der Waals surface area contributed by atoms with E-state index >= 15 is 0 Å². The molecule has 0 spiro atoms. The third kappa shape index (κ3) is 4.12. The van der Waals surface area contributed by atoms with E-state index in [1.165, 1.54) is 0 Å². The van der Waals surface area contributed by atoms with Gasteiger partial charge in [-0.3, -0.25) is 9.59 Å². The van der Waals surface area contributed by atoms with Crippen LogP contribution in [-0.2, 0) is 6.54 Å². The molecule has 0 unspecified atom stereocenters. The van der Waals surface area contributed by atoms with Crippen molar-refractivity contribution in [3.8, 4) is 17.2 Å². The van der Waals surface area contributed by atoms with Crippen LogP contribution in [0.3, 0.4) is 0 Å². The van der Waals surface area contributed by atoms with E-state index in [-0.39, 0.29) is 11.7 Å². The molecule has 0 bridgehead atoms. The van der Waals surface area contributed by atoms with Crippen LogP contribution in [0, 0.1) is 0 Å². The maximum absolute atomic E-state index is 13.1. The van der Waals surface area contributed by atoms with Crippen molar-refractivity contribution in [3.05, 3.63) is 89.0 Å². The number of hydrogen-bond acceptors (Lipinski definition) is 5. The number of nitrogens with one attached hydrogen (secondary N) is 1. The predicted molar refractivity (Wildman–Crippen MR) is 111 cm³/mol. The maximum Gasteiger partial charge on any atom is 0.252 e. The van der Waals surface area contributed by atoms with Crippen LogP contribution >= 0.6 is 0 Å². The second-order valence-electron chi connectivity index (χ2n) is 6.77. The summed E-state index contributed by atoms with van der Waals surface area (Å²) in [5.74, 6) is 1.29. The number of methoxy groups -OCH3 is 1. The number of amides is 1. The molecule has 0 atom stereocenters. The third-order valence-corrected chi connectivity index (χ3v) is 4.81. The molecule has 0 fully saturated rings. The lowest BCUT2D eigenvalue weighted by atomic mass is 9.97. The van der Waals surface area contributed by atoms with Gasteiger partial charge in [0, 0.05) is 17.7 Å². The number of carbonyl (C=O) groups excluding carboxylic acids is 2. The first-order chi connectivity index (χ1) is 14.7. The van der Waals surface area contributed by atoms with Crippen LogP contribution in [0.15, 0.2) is 66.7 Å². The summed E-state index contributed by atoms with van der Waals surface area (Å²) in [6.07, 6.45) is 0. The first-order valence-corrected chi connectivity index (χ1v) is 9.60. The Kier molecular flexibility index (Phi) is 5.66. The lowest BCUT2D eigenvalue weighted by Crippen LogP contribution is -2.25. The maximum atomic E-state index is 13.1. The zero-order valence-electron chi connectivity index (χ0n) is 16.5. The van der Waals surface area contributed by atoms with Gasteiger partial charge in [-0.1, -0.05) is 30.3 Å². The fourth-order valence-electron chi connectivity index (χ4n) is 3.28. The molecule has 1 aliphatic rings. The number of benzene rings is 3. The molecule has 0 radical (unpaired) electrons. The molecular formula is C24H21NO5. The molecular weight excluding hydrogens is 382 g/mol. The first-order valence-electron chi connectivity index (χ1n) is 9.60. The average molecular weight is 403 g/mol. The van der Waals surface area contributed by atoms with Crippen molar-refractivity contribution in [2.45, 2.75) is 6.54 Å². The van der Waals surface area contributed by atoms with Gasteiger partial charge in [-0.25, -0.2) is 0 Å². The molecule has 3 aromatic carbocycles. The van der Waals surface area contributed by atoms with Crippen LogP contribution in [0.5, 0.6) is 17.2 Å². The molecule has 1 aliphatic heterocycles. The van der Waals surface area contributed by atoms with Crippen molar-refractivity contribution < 1.29 is 23.8 Å². The molecule has 0 aliphatic carbocycles. The summed E-state index contributed by atoms with van der Waals surface area (Å²) in [6.45, 7) is 1.24. The molecule has 0 saturated heterocycles. The molecule has 152 valence electrons. The Morgan fingerprint density at radius 2 is 1.67 bits per heavy atom. The summed E-state index contributed by atoms with van der Waals surface area (Å²) in [4.78, 5) is 25.9. The highest BCUT2D eigenvalue weighted by molar-refractivity contribution is 6.15. The molecule has 6 heteroatoms. The van der Waals surface area contributed by atoms with E-state index in [9.17, 15) is 9.59 Å². The monoisotopic (exact) mass is 403 g/mol. The number of hydrogen-bond donors (Lipinski definition) is 1. The summed E-state index contributed by atoms with van der Waals surface area (Å²) in [6, 6.07) is 19.3. The van der Waals surface area contributed by atoms with E-state index in [1.54, 1.807) is 49.6 Å². The minimum atomic E-state index is -0.320. The van der Waals surface area contributed by atoms with Crippen LogP contribution in [0.4, 0.5) is 0 Å². The topological polar surface area (TPSA) is 73.9 Å². The summed E-state index contributed by atoms with van der Waals surface area (Å²) < 4.78 is 16.3. The van der Waals surface area contributed by atoms with Gasteiger partial charge in [0.25, 0.3) is 5.91 Å². The molecule has 6 nitrogen and oxygen atoms in total. The zero-order valence-corrected chi connectivity index (χ0v) is 16.5. The number of ether oxygens (including phenoxy) is 3. The summed E-state index contributed by atoms with van der Waals surface area (Å²) in [7, 11) is 1.59. The van der Waals surface area contributed by atoms with Crippen molar-refractivity contribution in [3.63, 3.8) is 0 Å². The second kappa shape index (κ2) is 8.69. The van der Waals surface area contributed by atoms with Crippen LogP contribution in [-0.4, -0.2) is 32.0 Å². The Bertz CT molecular complexity index is 1090. The van der Waals surface area contributed by atoms with Gasteiger partial charge >= 0.3 is 0 Å². The molecule has 0 aromatic heterocycles. The highest BCUT2D eigenvalue weighted by atomic mass is 16.6. The fourth-order valence-corrected chi connectivity index (χ4v) is 3.28. The number of fused-ring (bicyclic) bond motifs is 1. The minimum Gasteiger partial charge on any atom is -0.497 e. The summed E-state index contributed by atoms with van der Waals surface area (Å²) >= 11 is 0. The number of rotatable bonds is 6. The quantitative estimate of drug-likeness (QED) is 0.637. The molecule has 3 aromatic rings. The Morgan fingerprint density at radius 1 is 0.900 bits per heavy atom. The predicted octanol–water partition coefficient (Wildman–Crippen LogP) is 3.63. The molecule has 1 N–H and O–H groups in total. The summed E-state index contributed by atoms with van der Waals surface area (Å²) in [5.41, 5.74) is 1.99. The Balaban J connectivity index is 1.54. The van der Waals surface area contributed by atoms with Gasteiger partial charge in [0.05, 0.1) is 12.7 Å². The van der Waals surface area contributed by atoms with Crippen LogP contribution < -0.4 is 19.5 Å². The molecule has 1 amide bonds. The molecule has 4 rings (SSSR count). The second-order valence-corrected chi connectivity index (χ2v) is 6.77. The van der Waals surface area contributed by atoms with E-state index in [0.717, 1.165) is 11.3 Å². The standard InChI is InChI=1S/C24H21NO5/c1-28-18-6-4-5-16(13-18)15-25-24(27)20-8-3-2-7-19(20)23(26)17-9-10-21-22(14-17)30-12-11-29-21/h2-10,13-14H,11-12,15H2,1H3,(H,25,27). The van der Waals surface area contributed by atoms with E-state index < -0.39 is 0 Å². The minimum absolute atomic E-state index is 0.251. The SMILES string of the molecule is COc1cccc(CNC(=O)c2ccccc2C(=O)c2ccc3c(c2)OCCO3)c1. The van der Waals surface area contributed by atoms with Gasteiger partial charge in [-0.15, -0.1) is 0 Å². The lowest BCUT2D eigenvalue weighted by Gasteiger charge is -2.18. The Labute approximate surface area is 174 Å². The van der Waals surface area contributed by atoms with Gasteiger partial charge in [-0.05, 0) is 42.0 Å². The van der Waals surface area contributed by atoms with Crippen molar-refractivity contribution in [1.82, 2.24) is 5.32 Å². The highest BCUT2D eigenvalue weighted by Gasteiger charge is 2.20. The fraction of sp³-hybridized carbons (Fsp3) is 0.167. The summed E-state index contributed by atoms with van der Waals surface area (Å²) in [5, 5.41) is 2.87. The van der Waals surface area contributed by atoms with E-state index in [0.29, 0.717) is 47.9 Å². The first kappa shape index (κ1) is 19.5. The lowest BCUT2D eigenvalue weighted by molar-refractivity contribution is 0.0939. The highest BCUT2D eigenvalue weighted by Crippen LogP contribution is 2.31. The van der Waals surface area contributed by atoms with E-state index in [2.05, 4.69) is 5.32 Å². The molecule has 30 heavy (non-hydrogen) atoms. The van der Waals surface area contributed by atoms with Crippen molar-refractivity contribution in [2.75, 3.05) is 20.3 Å². The average Bonchev–Trinajstić information content (AvgIpc) is 2.82. The normalized spacial score (nSPS) is 12.2. The zero-order chi connectivity index (χ0) is 20.9. The van der Waals surface area contributed by atoms with Crippen molar-refractivity contribution >= 4 is 11.7 Å². The molecule has 1 heterocycles. The smallest absolute Gasteiger partial charge is 0.252 e. The Morgan fingerprint density at radius 3 is 2.47 bits per heavy atom. The largest absolute Gasteiger partial charge is 0.497 e. The van der Waals surface area contributed by atoms with Gasteiger partial charge in [0.2, 0.25) is 0 Å². The van der Waals surface area contributed by atoms with Crippen LogP contribution in [0.1, 0.15) is 31.8 Å². The van der Waals surface area contributed by atoms with E-state index in [4.69, 9.17) is 14.2 Å².